The van der Waals surface area contributed by atoms with Crippen molar-refractivity contribution in [3.63, 3.8) is 0 Å². The number of thioether (sulfide) groups is 1. The average Bonchev–Trinajstić information content (AvgIpc) is 3.09. The Morgan fingerprint density at radius 2 is 2.06 bits per heavy atom. The van der Waals surface area contributed by atoms with Crippen molar-refractivity contribution in [3.05, 3.63) is 52.5 Å². The third kappa shape index (κ3) is 5.59. The number of methoxy groups -OCH3 is 1. The number of anilines is 1. The largest absolute Gasteiger partial charge is 0.383 e. The maximum Gasteiger partial charge on any atom is 0.237 e. The van der Waals surface area contributed by atoms with Crippen LogP contribution in [-0.4, -0.2) is 41.5 Å². The summed E-state index contributed by atoms with van der Waals surface area (Å²) in [5, 5.41) is 10.4. The lowest BCUT2D eigenvalue weighted by molar-refractivity contribution is -0.116. The van der Waals surface area contributed by atoms with Gasteiger partial charge in [0, 0.05) is 30.9 Å². The molecule has 162 valence electrons. The fourth-order valence-corrected chi connectivity index (χ4v) is 4.33. The average molecular weight is 457 g/mol. The fraction of sp³-hybridized carbons (Fsp3) is 0.348. The number of aromatic nitrogens is 2. The highest BCUT2D eigenvalue weighted by Crippen LogP contribution is 2.27. The zero-order chi connectivity index (χ0) is 22.4. The molecule has 1 heterocycles. The number of imidazole rings is 1. The summed E-state index contributed by atoms with van der Waals surface area (Å²) in [4.78, 5) is 19.5. The van der Waals surface area contributed by atoms with Gasteiger partial charge in [0.2, 0.25) is 5.91 Å². The molecule has 1 amide bonds. The van der Waals surface area contributed by atoms with Crippen LogP contribution in [-0.2, 0) is 16.1 Å². The zero-order valence-electron chi connectivity index (χ0n) is 17.9. The van der Waals surface area contributed by atoms with Crippen LogP contribution in [0.5, 0.6) is 0 Å². The van der Waals surface area contributed by atoms with Gasteiger partial charge in [-0.25, -0.2) is 4.98 Å². The standard InChI is InChI=1S/C23H25ClN4O2S/c1-16-5-7-19(13-17(16)2)27(10-4-9-25)22(29)15-31-23-26-20-14-18(24)6-8-21(20)28(23)11-12-30-3/h5-8,13-14H,4,10-12,15H2,1-3H3. The SMILES string of the molecule is COCCn1c(SCC(=O)N(CCC#N)c2ccc(C)c(C)c2)nc2cc(Cl)ccc21. The Morgan fingerprint density at radius 1 is 1.26 bits per heavy atom. The van der Waals surface area contributed by atoms with Gasteiger partial charge in [-0.1, -0.05) is 29.4 Å². The third-order valence-corrected chi connectivity index (χ3v) is 6.27. The van der Waals surface area contributed by atoms with Gasteiger partial charge >= 0.3 is 0 Å². The van der Waals surface area contributed by atoms with E-state index in [0.29, 0.717) is 24.7 Å². The molecule has 8 heteroatoms. The lowest BCUT2D eigenvalue weighted by atomic mass is 10.1. The second-order valence-corrected chi connectivity index (χ2v) is 8.56. The number of benzene rings is 2. The van der Waals surface area contributed by atoms with Crippen molar-refractivity contribution in [2.24, 2.45) is 0 Å². The Labute approximate surface area is 191 Å². The summed E-state index contributed by atoms with van der Waals surface area (Å²) >= 11 is 7.51. The van der Waals surface area contributed by atoms with Crippen LogP contribution in [0.1, 0.15) is 17.5 Å². The smallest absolute Gasteiger partial charge is 0.237 e. The van der Waals surface area contributed by atoms with Gasteiger partial charge in [-0.15, -0.1) is 0 Å². The summed E-state index contributed by atoms with van der Waals surface area (Å²) in [6, 6.07) is 13.6. The van der Waals surface area contributed by atoms with Crippen LogP contribution < -0.4 is 4.90 Å². The van der Waals surface area contributed by atoms with Crippen LogP contribution >= 0.6 is 23.4 Å². The molecule has 3 aromatic rings. The molecule has 0 aliphatic heterocycles. The third-order valence-electron chi connectivity index (χ3n) is 5.07. The molecule has 0 aliphatic rings. The van der Waals surface area contributed by atoms with E-state index in [0.717, 1.165) is 33.0 Å². The highest BCUT2D eigenvalue weighted by atomic mass is 35.5. The van der Waals surface area contributed by atoms with Crippen LogP contribution in [0.3, 0.4) is 0 Å². The van der Waals surface area contributed by atoms with Crippen molar-refractivity contribution in [1.82, 2.24) is 9.55 Å². The lowest BCUT2D eigenvalue weighted by Crippen LogP contribution is -2.33. The first-order valence-corrected chi connectivity index (χ1v) is 11.3. The Morgan fingerprint density at radius 3 is 2.77 bits per heavy atom. The predicted molar refractivity (Wildman–Crippen MR) is 126 cm³/mol. The monoisotopic (exact) mass is 456 g/mol. The molecule has 0 aliphatic carbocycles. The topological polar surface area (TPSA) is 71.2 Å². The van der Waals surface area contributed by atoms with Crippen molar-refractivity contribution in [2.75, 3.05) is 30.9 Å². The molecular formula is C23H25ClN4O2S. The van der Waals surface area contributed by atoms with Crippen molar-refractivity contribution in [3.8, 4) is 6.07 Å². The maximum absolute atomic E-state index is 13.1. The molecule has 2 aromatic carbocycles. The van der Waals surface area contributed by atoms with Crippen LogP contribution in [0.15, 0.2) is 41.6 Å². The van der Waals surface area contributed by atoms with Gasteiger partial charge in [0.15, 0.2) is 5.16 Å². The number of halogens is 1. The molecule has 0 saturated heterocycles. The van der Waals surface area contributed by atoms with Crippen molar-refractivity contribution in [2.45, 2.75) is 32.0 Å². The summed E-state index contributed by atoms with van der Waals surface area (Å²) < 4.78 is 7.28. The van der Waals surface area contributed by atoms with Crippen molar-refractivity contribution in [1.29, 1.82) is 5.26 Å². The molecule has 6 nitrogen and oxygen atoms in total. The van der Waals surface area contributed by atoms with Crippen LogP contribution in [0.4, 0.5) is 5.69 Å². The lowest BCUT2D eigenvalue weighted by Gasteiger charge is -2.22. The van der Waals surface area contributed by atoms with Gasteiger partial charge in [-0.2, -0.15) is 5.26 Å². The van der Waals surface area contributed by atoms with E-state index in [2.05, 4.69) is 11.1 Å². The number of aryl methyl sites for hydroxylation is 2. The highest BCUT2D eigenvalue weighted by Gasteiger charge is 2.19. The summed E-state index contributed by atoms with van der Waals surface area (Å²) in [5.74, 6) is 0.148. The van der Waals surface area contributed by atoms with Crippen LogP contribution in [0.25, 0.3) is 11.0 Å². The molecule has 0 spiro atoms. The van der Waals surface area contributed by atoms with Gasteiger partial charge in [0.1, 0.15) is 0 Å². The number of nitriles is 1. The Hall–Kier alpha value is -2.53. The molecule has 31 heavy (non-hydrogen) atoms. The quantitative estimate of drug-likeness (QED) is 0.424. The molecule has 0 N–H and O–H groups in total. The fourth-order valence-electron chi connectivity index (χ4n) is 3.25. The minimum atomic E-state index is -0.0631. The number of carbonyl (C=O) groups is 1. The van der Waals surface area contributed by atoms with Crippen molar-refractivity contribution < 1.29 is 9.53 Å². The Kier molecular flexibility index (Phi) is 7.97. The molecule has 0 atom stereocenters. The number of hydrogen-bond acceptors (Lipinski definition) is 5. The summed E-state index contributed by atoms with van der Waals surface area (Å²) in [6.07, 6.45) is 0.272. The Bertz CT molecular complexity index is 1120. The van der Waals surface area contributed by atoms with Gasteiger partial charge in [0.25, 0.3) is 0 Å². The number of fused-ring (bicyclic) bond motifs is 1. The second kappa shape index (κ2) is 10.7. The van der Waals surface area contributed by atoms with Crippen LogP contribution in [0.2, 0.25) is 5.02 Å². The molecule has 0 radical (unpaired) electrons. The number of nitrogens with zero attached hydrogens (tertiary/aromatic N) is 4. The first kappa shape index (κ1) is 23.1. The van der Waals surface area contributed by atoms with Gasteiger partial charge in [-0.05, 0) is 55.3 Å². The van der Waals surface area contributed by atoms with E-state index in [1.807, 2.05) is 54.8 Å². The number of ether oxygens (including phenoxy) is 1. The molecular weight excluding hydrogens is 432 g/mol. The number of rotatable bonds is 9. The van der Waals surface area contributed by atoms with E-state index in [1.54, 1.807) is 12.0 Å². The van der Waals surface area contributed by atoms with E-state index >= 15 is 0 Å². The molecule has 0 bridgehead atoms. The van der Waals surface area contributed by atoms with E-state index < -0.39 is 0 Å². The van der Waals surface area contributed by atoms with Crippen LogP contribution in [0, 0.1) is 25.2 Å². The minimum Gasteiger partial charge on any atom is -0.383 e. The minimum absolute atomic E-state index is 0.0631. The molecule has 0 unspecified atom stereocenters. The number of amides is 1. The van der Waals surface area contributed by atoms with Gasteiger partial charge in [-0.3, -0.25) is 4.79 Å². The Balaban J connectivity index is 1.83. The summed E-state index contributed by atoms with van der Waals surface area (Å²) in [6.45, 7) is 5.57. The molecule has 1 aromatic heterocycles. The summed E-state index contributed by atoms with van der Waals surface area (Å²) in [7, 11) is 1.66. The zero-order valence-corrected chi connectivity index (χ0v) is 19.5. The van der Waals surface area contributed by atoms with Gasteiger partial charge < -0.3 is 14.2 Å². The van der Waals surface area contributed by atoms with E-state index in [4.69, 9.17) is 21.6 Å². The first-order chi connectivity index (χ1) is 14.9. The number of hydrogen-bond donors (Lipinski definition) is 0. The summed E-state index contributed by atoms with van der Waals surface area (Å²) in [5.41, 5.74) is 4.82. The van der Waals surface area contributed by atoms with Crippen molar-refractivity contribution >= 4 is 46.0 Å². The first-order valence-electron chi connectivity index (χ1n) is 9.96. The molecule has 0 fully saturated rings. The second-order valence-electron chi connectivity index (χ2n) is 7.18. The predicted octanol–water partition coefficient (Wildman–Crippen LogP) is 4.99. The number of carbonyl (C=O) groups excluding carboxylic acids is 1. The highest BCUT2D eigenvalue weighted by molar-refractivity contribution is 7.99. The maximum atomic E-state index is 13.1. The van der Waals surface area contributed by atoms with E-state index in [-0.39, 0.29) is 18.1 Å². The normalized spacial score (nSPS) is 10.9. The molecule has 0 saturated carbocycles. The van der Waals surface area contributed by atoms with E-state index in [1.165, 1.54) is 11.8 Å². The van der Waals surface area contributed by atoms with Gasteiger partial charge in [0.05, 0.1) is 35.9 Å². The molecule has 3 rings (SSSR count). The van der Waals surface area contributed by atoms with E-state index in [9.17, 15) is 4.79 Å².